The first-order chi connectivity index (χ1) is 17.4. The summed E-state index contributed by atoms with van der Waals surface area (Å²) in [5, 5.41) is 0. The van der Waals surface area contributed by atoms with Gasteiger partial charge in [0.1, 0.15) is 5.75 Å². The number of Topliss-reactive ketones (excluding diaryl/α,β-unsaturated/α-hetero) is 2. The molecule has 4 nitrogen and oxygen atoms in total. The summed E-state index contributed by atoms with van der Waals surface area (Å²) in [5.74, 6) is 0.815. The molecule has 5 rings (SSSR count). The largest absolute Gasteiger partial charge is 0.491 e. The van der Waals surface area contributed by atoms with Gasteiger partial charge in [0.2, 0.25) is 0 Å². The van der Waals surface area contributed by atoms with Crippen molar-refractivity contribution in [1.82, 2.24) is 4.90 Å². The number of carbonyl (C=O) groups is 2. The van der Waals surface area contributed by atoms with E-state index in [-0.39, 0.29) is 34.4 Å². The molecule has 3 aliphatic rings. The minimum Gasteiger partial charge on any atom is -0.491 e. The highest BCUT2D eigenvalue weighted by molar-refractivity contribution is 6.06. The van der Waals surface area contributed by atoms with Gasteiger partial charge < -0.3 is 9.64 Å². The molecule has 0 saturated heterocycles. The molecule has 1 aliphatic heterocycles. The number of ether oxygens (including phenoxy) is 1. The van der Waals surface area contributed by atoms with E-state index in [0.29, 0.717) is 19.4 Å². The highest BCUT2D eigenvalue weighted by Gasteiger charge is 2.48. The van der Waals surface area contributed by atoms with E-state index in [0.717, 1.165) is 46.7 Å². The fourth-order valence-corrected chi connectivity index (χ4v) is 6.35. The molecule has 0 unspecified atom stereocenters. The fraction of sp³-hybridized carbons (Fsp3) is 0.455. The van der Waals surface area contributed by atoms with E-state index in [1.165, 1.54) is 5.56 Å². The zero-order valence-corrected chi connectivity index (χ0v) is 23.1. The molecule has 1 heterocycles. The van der Waals surface area contributed by atoms with Crippen LogP contribution in [0.2, 0.25) is 0 Å². The van der Waals surface area contributed by atoms with Gasteiger partial charge in [-0.05, 0) is 60.8 Å². The molecule has 0 saturated carbocycles. The summed E-state index contributed by atoms with van der Waals surface area (Å²) in [7, 11) is 0. The van der Waals surface area contributed by atoms with Crippen LogP contribution in [0.1, 0.15) is 84.3 Å². The molecule has 194 valence electrons. The minimum atomic E-state index is -0.322. The Labute approximate surface area is 221 Å². The predicted octanol–water partition coefficient (Wildman–Crippen LogP) is 7.36. The van der Waals surface area contributed by atoms with Crippen LogP contribution in [0.4, 0.5) is 0 Å². The van der Waals surface area contributed by atoms with Crippen molar-refractivity contribution in [2.45, 2.75) is 85.8 Å². The first-order valence-electron chi connectivity index (χ1n) is 13.5. The fourth-order valence-electron chi connectivity index (χ4n) is 6.35. The van der Waals surface area contributed by atoms with Gasteiger partial charge in [0.25, 0.3) is 0 Å². The van der Waals surface area contributed by atoms with Crippen LogP contribution in [0.5, 0.6) is 5.75 Å². The number of ketones is 2. The lowest BCUT2D eigenvalue weighted by Crippen LogP contribution is -2.44. The number of allylic oxidation sites excluding steroid dienone is 4. The first-order valence-corrected chi connectivity index (χ1v) is 13.5. The van der Waals surface area contributed by atoms with E-state index in [9.17, 15) is 9.59 Å². The Balaban J connectivity index is 1.71. The third-order valence-corrected chi connectivity index (χ3v) is 7.79. The van der Waals surface area contributed by atoms with E-state index in [2.05, 4.69) is 56.9 Å². The van der Waals surface area contributed by atoms with Crippen molar-refractivity contribution >= 4 is 11.6 Å². The van der Waals surface area contributed by atoms with Crippen LogP contribution in [-0.4, -0.2) is 22.6 Å². The molecular formula is C33H39NO3. The van der Waals surface area contributed by atoms with Gasteiger partial charge in [0.15, 0.2) is 11.6 Å². The molecule has 2 aromatic carbocycles. The van der Waals surface area contributed by atoms with E-state index < -0.39 is 0 Å². The minimum absolute atomic E-state index is 0.0833. The Morgan fingerprint density at radius 1 is 0.784 bits per heavy atom. The van der Waals surface area contributed by atoms with Crippen LogP contribution >= 0.6 is 0 Å². The van der Waals surface area contributed by atoms with Gasteiger partial charge in [-0.1, -0.05) is 70.2 Å². The van der Waals surface area contributed by atoms with Gasteiger partial charge in [0, 0.05) is 47.8 Å². The number of benzene rings is 2. The Bertz CT molecular complexity index is 1220. The molecular weight excluding hydrogens is 458 g/mol. The molecule has 0 aromatic heterocycles. The van der Waals surface area contributed by atoms with Crippen LogP contribution < -0.4 is 4.74 Å². The van der Waals surface area contributed by atoms with Crippen LogP contribution in [0.3, 0.4) is 0 Å². The maximum atomic E-state index is 13.9. The number of rotatable bonds is 5. The van der Waals surface area contributed by atoms with Gasteiger partial charge >= 0.3 is 0 Å². The highest BCUT2D eigenvalue weighted by atomic mass is 16.5. The van der Waals surface area contributed by atoms with E-state index in [1.807, 2.05) is 44.2 Å². The highest BCUT2D eigenvalue weighted by Crippen LogP contribution is 2.54. The Kier molecular flexibility index (Phi) is 6.42. The molecule has 4 heteroatoms. The number of nitrogens with zero attached hydrogens (tertiary/aromatic N) is 1. The molecule has 2 aliphatic carbocycles. The molecule has 0 radical (unpaired) electrons. The zero-order chi connectivity index (χ0) is 26.5. The van der Waals surface area contributed by atoms with Gasteiger partial charge in [0.05, 0.1) is 6.10 Å². The lowest BCUT2D eigenvalue weighted by molar-refractivity contribution is -0.119. The monoisotopic (exact) mass is 497 g/mol. The summed E-state index contributed by atoms with van der Waals surface area (Å²) in [6.45, 7) is 13.4. The smallest absolute Gasteiger partial charge is 0.162 e. The standard InChI is InChI=1S/C33H39NO3/c1-21(2)37-24-14-12-23(13-15-24)29-30-25(16-32(3,4)18-27(30)35)34(20-22-10-8-7-9-11-22)26-17-33(5,6)19-28(36)31(26)29/h7-15,21,29H,16-20H2,1-6H3. The normalized spacial score (nSPS) is 21.3. The summed E-state index contributed by atoms with van der Waals surface area (Å²) in [5.41, 5.74) is 5.76. The predicted molar refractivity (Wildman–Crippen MR) is 147 cm³/mol. The summed E-state index contributed by atoms with van der Waals surface area (Å²) >= 11 is 0. The summed E-state index contributed by atoms with van der Waals surface area (Å²) in [4.78, 5) is 30.1. The second-order valence-electron chi connectivity index (χ2n) is 12.8. The molecule has 0 bridgehead atoms. The van der Waals surface area contributed by atoms with Crippen molar-refractivity contribution in [1.29, 1.82) is 0 Å². The molecule has 0 atom stereocenters. The first kappa shape index (κ1) is 25.5. The van der Waals surface area contributed by atoms with Crippen LogP contribution in [0.25, 0.3) is 0 Å². The van der Waals surface area contributed by atoms with Crippen LogP contribution in [0.15, 0.2) is 77.1 Å². The van der Waals surface area contributed by atoms with E-state index >= 15 is 0 Å². The van der Waals surface area contributed by atoms with Crippen molar-refractivity contribution in [3.8, 4) is 5.75 Å². The van der Waals surface area contributed by atoms with Crippen molar-refractivity contribution < 1.29 is 14.3 Å². The average molecular weight is 498 g/mol. The Morgan fingerprint density at radius 3 is 1.78 bits per heavy atom. The number of hydrogen-bond acceptors (Lipinski definition) is 4. The summed E-state index contributed by atoms with van der Waals surface area (Å²) in [6, 6.07) is 18.4. The van der Waals surface area contributed by atoms with Gasteiger partial charge in [-0.3, -0.25) is 9.59 Å². The van der Waals surface area contributed by atoms with E-state index in [4.69, 9.17) is 4.74 Å². The van der Waals surface area contributed by atoms with Crippen molar-refractivity contribution in [3.05, 3.63) is 88.3 Å². The van der Waals surface area contributed by atoms with Crippen molar-refractivity contribution in [2.24, 2.45) is 10.8 Å². The molecule has 0 spiro atoms. The molecule has 0 amide bonds. The summed E-state index contributed by atoms with van der Waals surface area (Å²) < 4.78 is 5.88. The molecule has 0 fully saturated rings. The van der Waals surface area contributed by atoms with Crippen LogP contribution in [-0.2, 0) is 16.1 Å². The van der Waals surface area contributed by atoms with E-state index in [1.54, 1.807) is 0 Å². The van der Waals surface area contributed by atoms with Crippen molar-refractivity contribution in [2.75, 3.05) is 0 Å². The average Bonchev–Trinajstić information content (AvgIpc) is 2.79. The maximum absolute atomic E-state index is 13.9. The zero-order valence-electron chi connectivity index (χ0n) is 23.1. The number of carbonyl (C=O) groups excluding carboxylic acids is 2. The third-order valence-electron chi connectivity index (χ3n) is 7.79. The second kappa shape index (κ2) is 9.31. The molecule has 2 aromatic rings. The molecule has 0 N–H and O–H groups in total. The van der Waals surface area contributed by atoms with Crippen LogP contribution in [0, 0.1) is 10.8 Å². The maximum Gasteiger partial charge on any atom is 0.162 e. The lowest BCUT2D eigenvalue weighted by atomic mass is 9.63. The third kappa shape index (κ3) is 5.03. The Hall–Kier alpha value is -3.14. The topological polar surface area (TPSA) is 46.6 Å². The van der Waals surface area contributed by atoms with Crippen molar-refractivity contribution in [3.63, 3.8) is 0 Å². The lowest BCUT2D eigenvalue weighted by Gasteiger charge is -2.49. The summed E-state index contributed by atoms with van der Waals surface area (Å²) in [6.07, 6.45) is 2.71. The van der Waals surface area contributed by atoms with Gasteiger partial charge in [-0.15, -0.1) is 0 Å². The second-order valence-corrected chi connectivity index (χ2v) is 12.8. The quantitative estimate of drug-likeness (QED) is 0.433. The number of hydrogen-bond donors (Lipinski definition) is 0. The molecule has 37 heavy (non-hydrogen) atoms. The Morgan fingerprint density at radius 2 is 1.30 bits per heavy atom. The van der Waals surface area contributed by atoms with Gasteiger partial charge in [-0.25, -0.2) is 0 Å². The SMILES string of the molecule is CC(C)Oc1ccc(C2C3=C(CC(C)(C)CC3=O)N(Cc3ccccc3)C3=C2C(=O)CC(C)(C)C3)cc1. The van der Waals surface area contributed by atoms with Gasteiger partial charge in [-0.2, -0.15) is 0 Å².